The Morgan fingerprint density at radius 1 is 1.33 bits per heavy atom. The van der Waals surface area contributed by atoms with Gasteiger partial charge in [-0.05, 0) is 25.0 Å². The number of hydrogen-bond acceptors (Lipinski definition) is 6. The van der Waals surface area contributed by atoms with E-state index >= 15 is 0 Å². The molecule has 1 amide bonds. The van der Waals surface area contributed by atoms with Crippen molar-refractivity contribution in [2.45, 2.75) is 18.9 Å². The summed E-state index contributed by atoms with van der Waals surface area (Å²) in [4.78, 5) is 38.6. The minimum absolute atomic E-state index is 0.0400. The molecule has 0 aliphatic carbocycles. The van der Waals surface area contributed by atoms with Crippen LogP contribution in [0, 0.1) is 10.1 Å². The zero-order valence-corrected chi connectivity index (χ0v) is 15.6. The van der Waals surface area contributed by atoms with E-state index in [4.69, 9.17) is 11.6 Å². The predicted molar refractivity (Wildman–Crippen MR) is 101 cm³/mol. The Morgan fingerprint density at radius 3 is 2.59 bits per heavy atom. The highest BCUT2D eigenvalue weighted by atomic mass is 35.5. The number of benzene rings is 1. The summed E-state index contributed by atoms with van der Waals surface area (Å²) in [6.07, 6.45) is 2.94. The second-order valence-corrected chi connectivity index (χ2v) is 6.80. The Balaban J connectivity index is 1.97. The molecule has 1 atom stereocenters. The maximum Gasteiger partial charge on any atom is 0.292 e. The highest BCUT2D eigenvalue weighted by Gasteiger charge is 2.33. The molecule has 27 heavy (non-hydrogen) atoms. The van der Waals surface area contributed by atoms with Gasteiger partial charge in [-0.2, -0.15) is 9.78 Å². The number of nitro groups is 1. The van der Waals surface area contributed by atoms with Crippen LogP contribution in [0.5, 0.6) is 0 Å². The molecule has 0 spiro atoms. The Bertz CT molecular complexity index is 941. The summed E-state index contributed by atoms with van der Waals surface area (Å²) in [6, 6.07) is 5.05. The molecule has 0 bridgehead atoms. The van der Waals surface area contributed by atoms with Crippen molar-refractivity contribution in [3.8, 4) is 5.69 Å². The van der Waals surface area contributed by atoms with Crippen LogP contribution in [-0.4, -0.2) is 52.2 Å². The van der Waals surface area contributed by atoms with Gasteiger partial charge in [0.2, 0.25) is 5.91 Å². The molecule has 3 rings (SSSR count). The lowest BCUT2D eigenvalue weighted by atomic mass is 10.2. The molecule has 1 aromatic carbocycles. The first-order valence-corrected chi connectivity index (χ1v) is 8.69. The molecule has 0 saturated carbocycles. The van der Waals surface area contributed by atoms with E-state index in [0.29, 0.717) is 24.3 Å². The van der Waals surface area contributed by atoms with Crippen LogP contribution in [0.2, 0.25) is 5.02 Å². The van der Waals surface area contributed by atoms with E-state index < -0.39 is 10.5 Å². The maximum absolute atomic E-state index is 12.7. The first kappa shape index (κ1) is 18.8. The van der Waals surface area contributed by atoms with Gasteiger partial charge in [0.15, 0.2) is 0 Å². The third-order valence-corrected chi connectivity index (χ3v) is 4.85. The van der Waals surface area contributed by atoms with Gasteiger partial charge < -0.3 is 9.80 Å². The van der Waals surface area contributed by atoms with Crippen LogP contribution >= 0.6 is 11.6 Å². The molecular formula is C17H18ClN5O4. The number of carbonyl (C=O) groups is 1. The number of carbonyl (C=O) groups excluding carboxylic acids is 1. The molecule has 1 aliphatic heterocycles. The third-order valence-electron chi connectivity index (χ3n) is 4.49. The molecule has 9 nitrogen and oxygen atoms in total. The normalized spacial score (nSPS) is 16.4. The molecule has 0 radical (unpaired) electrons. The fraction of sp³-hybridized carbons (Fsp3) is 0.353. The van der Waals surface area contributed by atoms with Gasteiger partial charge in [-0.15, -0.1) is 0 Å². The summed E-state index contributed by atoms with van der Waals surface area (Å²) in [5.74, 6) is -0.0527. The number of rotatable bonds is 4. The number of halogens is 1. The number of anilines is 1. The number of nitro benzene ring substituents is 1. The largest absolute Gasteiger partial charge is 0.357 e. The molecule has 1 saturated heterocycles. The maximum atomic E-state index is 12.7. The van der Waals surface area contributed by atoms with Crippen molar-refractivity contribution < 1.29 is 9.72 Å². The average Bonchev–Trinajstić information content (AvgIpc) is 3.12. The van der Waals surface area contributed by atoms with Crippen molar-refractivity contribution in [1.29, 1.82) is 0 Å². The standard InChI is InChI=1S/C17H18ClN5O4/c1-20(2)16(24)13-4-3-9-21(13)14-10-19-22(17(25)15(14)18)11-5-7-12(8-6-11)23(26)27/h5-8,10,13H,3-4,9H2,1-2H3. The molecule has 2 heterocycles. The van der Waals surface area contributed by atoms with Crippen LogP contribution < -0.4 is 10.5 Å². The molecule has 1 unspecified atom stereocenters. The van der Waals surface area contributed by atoms with E-state index in [1.165, 1.54) is 35.4 Å². The van der Waals surface area contributed by atoms with Gasteiger partial charge in [0.05, 0.1) is 22.5 Å². The lowest BCUT2D eigenvalue weighted by Gasteiger charge is -2.28. The first-order valence-electron chi connectivity index (χ1n) is 8.31. The number of nitrogens with zero attached hydrogens (tertiary/aromatic N) is 5. The third kappa shape index (κ3) is 3.50. The zero-order valence-electron chi connectivity index (χ0n) is 14.8. The molecular weight excluding hydrogens is 374 g/mol. The highest BCUT2D eigenvalue weighted by molar-refractivity contribution is 6.33. The molecule has 1 aromatic heterocycles. The Kier molecular flexibility index (Phi) is 5.13. The van der Waals surface area contributed by atoms with Crippen LogP contribution in [-0.2, 0) is 4.79 Å². The van der Waals surface area contributed by atoms with Gasteiger partial charge in [0.25, 0.3) is 11.2 Å². The van der Waals surface area contributed by atoms with E-state index in [9.17, 15) is 19.7 Å². The smallest absolute Gasteiger partial charge is 0.292 e. The van der Waals surface area contributed by atoms with Crippen molar-refractivity contribution in [2.24, 2.45) is 0 Å². The van der Waals surface area contributed by atoms with E-state index in [1.54, 1.807) is 19.0 Å². The number of hydrogen-bond donors (Lipinski definition) is 0. The summed E-state index contributed by atoms with van der Waals surface area (Å²) in [7, 11) is 3.37. The Hall–Kier alpha value is -2.94. The van der Waals surface area contributed by atoms with Crippen molar-refractivity contribution in [1.82, 2.24) is 14.7 Å². The van der Waals surface area contributed by atoms with Crippen molar-refractivity contribution in [2.75, 3.05) is 25.5 Å². The number of non-ortho nitro benzene ring substituents is 1. The van der Waals surface area contributed by atoms with Crippen molar-refractivity contribution in [3.05, 3.63) is 56.0 Å². The molecule has 2 aromatic rings. The average molecular weight is 392 g/mol. The van der Waals surface area contributed by atoms with Crippen molar-refractivity contribution >= 4 is 28.9 Å². The Labute approximate surface area is 159 Å². The van der Waals surface area contributed by atoms with Gasteiger partial charge in [-0.3, -0.25) is 19.7 Å². The van der Waals surface area contributed by atoms with Crippen LogP contribution in [0.25, 0.3) is 5.69 Å². The van der Waals surface area contributed by atoms with Gasteiger partial charge in [-0.1, -0.05) is 11.6 Å². The zero-order chi connectivity index (χ0) is 19.7. The molecule has 1 aliphatic rings. The lowest BCUT2D eigenvalue weighted by molar-refractivity contribution is -0.384. The van der Waals surface area contributed by atoms with Gasteiger partial charge in [0.1, 0.15) is 11.1 Å². The van der Waals surface area contributed by atoms with E-state index in [2.05, 4.69) is 5.10 Å². The summed E-state index contributed by atoms with van der Waals surface area (Å²) in [6.45, 7) is 0.604. The van der Waals surface area contributed by atoms with E-state index in [0.717, 1.165) is 11.1 Å². The fourth-order valence-electron chi connectivity index (χ4n) is 3.13. The van der Waals surface area contributed by atoms with Gasteiger partial charge >= 0.3 is 0 Å². The number of amides is 1. The predicted octanol–water partition coefficient (Wildman–Crippen LogP) is 1.85. The summed E-state index contributed by atoms with van der Waals surface area (Å²) in [5.41, 5.74) is 0.140. The molecule has 0 N–H and O–H groups in total. The highest BCUT2D eigenvalue weighted by Crippen LogP contribution is 2.30. The summed E-state index contributed by atoms with van der Waals surface area (Å²) in [5, 5.41) is 14.9. The Morgan fingerprint density at radius 2 is 2.00 bits per heavy atom. The van der Waals surface area contributed by atoms with Crippen molar-refractivity contribution in [3.63, 3.8) is 0 Å². The fourth-order valence-corrected chi connectivity index (χ4v) is 3.37. The van der Waals surface area contributed by atoms with Crippen LogP contribution in [0.15, 0.2) is 35.3 Å². The molecule has 142 valence electrons. The summed E-state index contributed by atoms with van der Waals surface area (Å²) >= 11 is 6.31. The lowest BCUT2D eigenvalue weighted by Crippen LogP contribution is -2.43. The van der Waals surface area contributed by atoms with E-state index in [-0.39, 0.29) is 22.7 Å². The second kappa shape index (κ2) is 7.36. The minimum atomic E-state index is -0.550. The minimum Gasteiger partial charge on any atom is -0.357 e. The number of likely N-dealkylation sites (N-methyl/N-ethyl adjacent to an activating group) is 1. The number of aromatic nitrogens is 2. The summed E-state index contributed by atoms with van der Waals surface area (Å²) < 4.78 is 1.08. The van der Waals surface area contributed by atoms with Gasteiger partial charge in [-0.25, -0.2) is 0 Å². The molecule has 1 fully saturated rings. The SMILES string of the molecule is CN(C)C(=O)C1CCCN1c1cnn(-c2ccc([N+](=O)[O-])cc2)c(=O)c1Cl. The van der Waals surface area contributed by atoms with E-state index in [1.807, 2.05) is 0 Å². The van der Waals surface area contributed by atoms with Crippen LogP contribution in [0.3, 0.4) is 0 Å². The quantitative estimate of drug-likeness (QED) is 0.582. The van der Waals surface area contributed by atoms with Gasteiger partial charge in [0, 0.05) is 32.8 Å². The first-order chi connectivity index (χ1) is 12.8. The van der Waals surface area contributed by atoms with Crippen LogP contribution in [0.4, 0.5) is 11.4 Å². The monoisotopic (exact) mass is 391 g/mol. The molecule has 10 heteroatoms. The second-order valence-electron chi connectivity index (χ2n) is 6.42. The van der Waals surface area contributed by atoms with Crippen LogP contribution in [0.1, 0.15) is 12.8 Å². The topological polar surface area (TPSA) is 102 Å².